The fourth-order valence-electron chi connectivity index (χ4n) is 1.82. The van der Waals surface area contributed by atoms with Crippen molar-refractivity contribution in [2.24, 2.45) is 0 Å². The summed E-state index contributed by atoms with van der Waals surface area (Å²) >= 11 is 0. The Bertz CT molecular complexity index is 465. The molecule has 0 saturated carbocycles. The summed E-state index contributed by atoms with van der Waals surface area (Å²) in [5.74, 6) is 0. The second-order valence-electron chi connectivity index (χ2n) is 3.84. The Labute approximate surface area is 89.6 Å². The fourth-order valence-corrected chi connectivity index (χ4v) is 1.82. The van der Waals surface area contributed by atoms with E-state index in [0.717, 1.165) is 12.8 Å². The highest BCUT2D eigenvalue weighted by Gasteiger charge is 1.99. The number of hydrogen-bond acceptors (Lipinski definition) is 2. The van der Waals surface area contributed by atoms with Crippen LogP contribution < -0.4 is 0 Å². The molecule has 0 spiro atoms. The summed E-state index contributed by atoms with van der Waals surface area (Å²) < 4.78 is 0. The van der Waals surface area contributed by atoms with Gasteiger partial charge in [0.1, 0.15) is 0 Å². The molecule has 2 heteroatoms. The van der Waals surface area contributed by atoms with E-state index in [0.29, 0.717) is 0 Å². The molecule has 0 unspecified atom stereocenters. The number of aryl methyl sites for hydroxylation is 2. The van der Waals surface area contributed by atoms with E-state index in [1.165, 1.54) is 21.9 Å². The molecule has 0 aliphatic carbocycles. The van der Waals surface area contributed by atoms with Gasteiger partial charge in [0.2, 0.25) is 0 Å². The van der Waals surface area contributed by atoms with Crippen molar-refractivity contribution >= 4 is 10.8 Å². The lowest BCUT2D eigenvalue weighted by molar-refractivity contribution is 0.288. The lowest BCUT2D eigenvalue weighted by atomic mass is 10.0. The molecular weight excluding hydrogens is 186 g/mol. The van der Waals surface area contributed by atoms with Gasteiger partial charge >= 0.3 is 0 Å². The van der Waals surface area contributed by atoms with E-state index in [-0.39, 0.29) is 6.61 Å². The molecule has 0 amide bonds. The van der Waals surface area contributed by atoms with Crippen LogP contribution in [0.25, 0.3) is 10.8 Å². The molecule has 1 N–H and O–H groups in total. The predicted molar refractivity (Wildman–Crippen MR) is 61.9 cm³/mol. The molecule has 0 atom stereocenters. The van der Waals surface area contributed by atoms with E-state index < -0.39 is 0 Å². The molecule has 0 saturated heterocycles. The molecular formula is C13H15NO. The predicted octanol–water partition coefficient (Wildman–Crippen LogP) is 2.47. The molecule has 0 fully saturated rings. The maximum Gasteiger partial charge on any atom is 0.0434 e. The van der Waals surface area contributed by atoms with Gasteiger partial charge in [0.15, 0.2) is 0 Å². The molecule has 15 heavy (non-hydrogen) atoms. The Hall–Kier alpha value is -1.41. The topological polar surface area (TPSA) is 33.1 Å². The van der Waals surface area contributed by atoms with Crippen molar-refractivity contribution in [3.8, 4) is 0 Å². The van der Waals surface area contributed by atoms with Crippen LogP contribution in [0.4, 0.5) is 0 Å². The molecule has 2 rings (SSSR count). The van der Waals surface area contributed by atoms with Gasteiger partial charge in [-0.2, -0.15) is 0 Å². The van der Waals surface area contributed by atoms with E-state index in [2.05, 4.69) is 30.1 Å². The van der Waals surface area contributed by atoms with E-state index >= 15 is 0 Å². The number of aromatic nitrogens is 1. The fraction of sp³-hybridized carbons (Fsp3) is 0.308. The highest BCUT2D eigenvalue weighted by Crippen LogP contribution is 2.18. The molecule has 2 aromatic rings. The third-order valence-corrected chi connectivity index (χ3v) is 2.65. The second-order valence-corrected chi connectivity index (χ2v) is 3.84. The standard InChI is InChI=1S/C13H15NO/c1-10-8-14-9-12-7-11(3-2-6-15)4-5-13(10)12/h4-5,7-9,15H,2-3,6H2,1H3. The summed E-state index contributed by atoms with van der Waals surface area (Å²) in [5.41, 5.74) is 2.48. The van der Waals surface area contributed by atoms with Crippen molar-refractivity contribution in [2.45, 2.75) is 19.8 Å². The van der Waals surface area contributed by atoms with Crippen molar-refractivity contribution in [1.82, 2.24) is 4.98 Å². The van der Waals surface area contributed by atoms with Crippen LogP contribution >= 0.6 is 0 Å². The van der Waals surface area contributed by atoms with Crippen molar-refractivity contribution in [3.05, 3.63) is 41.7 Å². The number of nitrogens with zero attached hydrogens (tertiary/aromatic N) is 1. The molecule has 2 nitrogen and oxygen atoms in total. The molecule has 0 aliphatic rings. The van der Waals surface area contributed by atoms with Gasteiger partial charge in [0.25, 0.3) is 0 Å². The lowest BCUT2D eigenvalue weighted by Crippen LogP contribution is -1.90. The Morgan fingerprint density at radius 3 is 2.93 bits per heavy atom. The van der Waals surface area contributed by atoms with E-state index in [4.69, 9.17) is 5.11 Å². The smallest absolute Gasteiger partial charge is 0.0434 e. The summed E-state index contributed by atoms with van der Waals surface area (Å²) in [7, 11) is 0. The van der Waals surface area contributed by atoms with Crippen molar-refractivity contribution < 1.29 is 5.11 Å². The molecule has 0 radical (unpaired) electrons. The maximum absolute atomic E-state index is 8.77. The number of fused-ring (bicyclic) bond motifs is 1. The number of pyridine rings is 1. The van der Waals surface area contributed by atoms with Crippen LogP contribution in [0.5, 0.6) is 0 Å². The van der Waals surface area contributed by atoms with Crippen LogP contribution in [0.2, 0.25) is 0 Å². The Morgan fingerprint density at radius 2 is 2.13 bits per heavy atom. The zero-order chi connectivity index (χ0) is 10.7. The molecule has 0 bridgehead atoms. The minimum atomic E-state index is 0.254. The Balaban J connectivity index is 2.39. The van der Waals surface area contributed by atoms with Crippen molar-refractivity contribution in [1.29, 1.82) is 0 Å². The van der Waals surface area contributed by atoms with Gasteiger partial charge in [-0.3, -0.25) is 4.98 Å². The Morgan fingerprint density at radius 1 is 1.27 bits per heavy atom. The summed E-state index contributed by atoms with van der Waals surface area (Å²) in [4.78, 5) is 4.18. The molecule has 1 aromatic heterocycles. The average Bonchev–Trinajstić information content (AvgIpc) is 2.26. The van der Waals surface area contributed by atoms with Crippen LogP contribution in [0, 0.1) is 6.92 Å². The van der Waals surface area contributed by atoms with Crippen LogP contribution in [-0.4, -0.2) is 16.7 Å². The number of aliphatic hydroxyl groups is 1. The zero-order valence-electron chi connectivity index (χ0n) is 8.90. The van der Waals surface area contributed by atoms with Gasteiger partial charge in [0, 0.05) is 24.4 Å². The normalized spacial score (nSPS) is 10.8. The highest BCUT2D eigenvalue weighted by atomic mass is 16.2. The monoisotopic (exact) mass is 201 g/mol. The van der Waals surface area contributed by atoms with E-state index in [9.17, 15) is 0 Å². The third kappa shape index (κ3) is 2.16. The van der Waals surface area contributed by atoms with Gasteiger partial charge in [-0.1, -0.05) is 12.1 Å². The highest BCUT2D eigenvalue weighted by molar-refractivity contribution is 5.85. The first-order valence-electron chi connectivity index (χ1n) is 5.25. The quantitative estimate of drug-likeness (QED) is 0.827. The van der Waals surface area contributed by atoms with Crippen LogP contribution in [-0.2, 0) is 6.42 Å². The minimum Gasteiger partial charge on any atom is -0.396 e. The average molecular weight is 201 g/mol. The zero-order valence-corrected chi connectivity index (χ0v) is 8.90. The molecule has 1 aromatic carbocycles. The van der Waals surface area contributed by atoms with Gasteiger partial charge in [-0.15, -0.1) is 0 Å². The Kier molecular flexibility index (Phi) is 2.97. The third-order valence-electron chi connectivity index (χ3n) is 2.65. The van der Waals surface area contributed by atoms with Crippen LogP contribution in [0.15, 0.2) is 30.6 Å². The maximum atomic E-state index is 8.77. The van der Waals surface area contributed by atoms with E-state index in [1.807, 2.05) is 12.4 Å². The summed E-state index contributed by atoms with van der Waals surface area (Å²) in [6.07, 6.45) is 5.53. The van der Waals surface area contributed by atoms with Gasteiger partial charge < -0.3 is 5.11 Å². The number of benzene rings is 1. The minimum absolute atomic E-state index is 0.254. The number of aliphatic hydroxyl groups excluding tert-OH is 1. The second kappa shape index (κ2) is 4.41. The molecule has 78 valence electrons. The first kappa shape index (κ1) is 10.1. The first-order valence-corrected chi connectivity index (χ1v) is 5.25. The lowest BCUT2D eigenvalue weighted by Gasteiger charge is -2.04. The number of rotatable bonds is 3. The summed E-state index contributed by atoms with van der Waals surface area (Å²) in [5, 5.41) is 11.2. The molecule has 1 heterocycles. The number of hydrogen-bond donors (Lipinski definition) is 1. The van der Waals surface area contributed by atoms with Crippen molar-refractivity contribution in [2.75, 3.05) is 6.61 Å². The van der Waals surface area contributed by atoms with Gasteiger partial charge in [-0.25, -0.2) is 0 Å². The van der Waals surface area contributed by atoms with Crippen LogP contribution in [0.3, 0.4) is 0 Å². The van der Waals surface area contributed by atoms with Gasteiger partial charge in [0.05, 0.1) is 0 Å². The largest absolute Gasteiger partial charge is 0.396 e. The van der Waals surface area contributed by atoms with Gasteiger partial charge in [-0.05, 0) is 42.3 Å². The summed E-state index contributed by atoms with van der Waals surface area (Å²) in [6.45, 7) is 2.33. The SMILES string of the molecule is Cc1cncc2cc(CCCO)ccc12. The van der Waals surface area contributed by atoms with Crippen molar-refractivity contribution in [3.63, 3.8) is 0 Å². The molecule has 0 aliphatic heterocycles. The van der Waals surface area contributed by atoms with E-state index in [1.54, 1.807) is 0 Å². The first-order chi connectivity index (χ1) is 7.31. The van der Waals surface area contributed by atoms with Crippen LogP contribution in [0.1, 0.15) is 17.5 Å². The summed E-state index contributed by atoms with van der Waals surface area (Å²) in [6, 6.07) is 6.43.